The topological polar surface area (TPSA) is 98.6 Å². The van der Waals surface area contributed by atoms with Crippen LogP contribution in [0.1, 0.15) is 38.7 Å². The lowest BCUT2D eigenvalue weighted by Crippen LogP contribution is -2.56. The third-order valence-corrected chi connectivity index (χ3v) is 6.97. The molecular formula is C25H27ClN6O2. The molecule has 2 N–H and O–H groups in total. The van der Waals surface area contributed by atoms with E-state index in [9.17, 15) is 4.79 Å². The predicted molar refractivity (Wildman–Crippen MR) is 131 cm³/mol. The summed E-state index contributed by atoms with van der Waals surface area (Å²) in [7, 11) is 0. The average Bonchev–Trinajstić information content (AvgIpc) is 3.29. The van der Waals surface area contributed by atoms with Crippen LogP contribution in [0.4, 0.5) is 0 Å². The van der Waals surface area contributed by atoms with E-state index in [0.717, 1.165) is 29.7 Å². The molecule has 2 aromatic carbocycles. The van der Waals surface area contributed by atoms with Crippen molar-refractivity contribution in [2.75, 3.05) is 6.61 Å². The number of rotatable bonds is 4. The van der Waals surface area contributed by atoms with Crippen LogP contribution in [-0.2, 0) is 15.1 Å². The summed E-state index contributed by atoms with van der Waals surface area (Å²) >= 11 is 6.89. The highest BCUT2D eigenvalue weighted by molar-refractivity contribution is 6.34. The molecular weight excluding hydrogens is 452 g/mol. The number of guanidine groups is 1. The third kappa shape index (κ3) is 4.08. The zero-order chi connectivity index (χ0) is 23.9. The Morgan fingerprint density at radius 3 is 2.71 bits per heavy atom. The first-order valence-electron chi connectivity index (χ1n) is 11.4. The first-order valence-corrected chi connectivity index (χ1v) is 11.8. The minimum Gasteiger partial charge on any atom is -0.378 e. The van der Waals surface area contributed by atoms with Gasteiger partial charge in [-0.3, -0.25) is 9.69 Å². The molecule has 8 nitrogen and oxygen atoms in total. The number of aliphatic imine (C=N–C) groups is 1. The van der Waals surface area contributed by atoms with Gasteiger partial charge in [0.1, 0.15) is 5.69 Å². The van der Waals surface area contributed by atoms with Crippen LogP contribution in [0.15, 0.2) is 59.7 Å². The van der Waals surface area contributed by atoms with Gasteiger partial charge in [-0.05, 0) is 44.4 Å². The van der Waals surface area contributed by atoms with E-state index < -0.39 is 5.54 Å². The third-order valence-electron chi connectivity index (χ3n) is 6.56. The summed E-state index contributed by atoms with van der Waals surface area (Å²) in [5.41, 5.74) is 8.49. The van der Waals surface area contributed by atoms with Crippen molar-refractivity contribution in [1.29, 1.82) is 0 Å². The smallest absolute Gasteiger partial charge is 0.232 e. The number of ether oxygens (including phenoxy) is 1. The number of aromatic nitrogens is 3. The summed E-state index contributed by atoms with van der Waals surface area (Å²) in [6, 6.07) is 15.4. The first-order chi connectivity index (χ1) is 16.4. The molecule has 2 aliphatic heterocycles. The monoisotopic (exact) mass is 478 g/mol. The Hall–Kier alpha value is -3.23. The molecule has 1 fully saturated rings. The Morgan fingerprint density at radius 1 is 1.18 bits per heavy atom. The lowest BCUT2D eigenvalue weighted by atomic mass is 9.85. The second kappa shape index (κ2) is 8.85. The van der Waals surface area contributed by atoms with Crippen LogP contribution >= 0.6 is 11.6 Å². The molecule has 0 saturated carbocycles. The second-order valence-electron chi connectivity index (χ2n) is 9.10. The molecule has 176 valence electrons. The summed E-state index contributed by atoms with van der Waals surface area (Å²) in [4.78, 5) is 19.7. The van der Waals surface area contributed by atoms with Crippen LogP contribution in [0.25, 0.3) is 16.9 Å². The van der Waals surface area contributed by atoms with Crippen LogP contribution in [0.5, 0.6) is 0 Å². The van der Waals surface area contributed by atoms with Crippen molar-refractivity contribution in [2.45, 2.75) is 50.8 Å². The van der Waals surface area contributed by atoms with E-state index in [1.54, 1.807) is 9.58 Å². The number of carbonyl (C=O) groups is 1. The molecule has 9 heteroatoms. The van der Waals surface area contributed by atoms with Gasteiger partial charge in [-0.2, -0.15) is 0 Å². The van der Waals surface area contributed by atoms with Crippen LogP contribution in [0, 0.1) is 0 Å². The normalized spacial score (nSPS) is 25.3. The molecule has 0 aliphatic carbocycles. The standard InChI is InChI=1S/C25H27ClN6O2/c1-16-13-18(11-12-34-16)32-22(33)14-25(2,28-24(32)27)20-10-6-9-19(23(20)26)21-15-31(30-29-21)17-7-4-3-5-8-17/h3-10,15-16,18H,11-14H2,1-2H3,(H2,27,28)/t16-,18-,25-/m0/s1. The Bertz CT molecular complexity index is 1240. The SMILES string of the molecule is C[C@H]1C[C@@H](N2C(=O)C[C@@](C)(c3cccc(-c4cn(-c5ccccc5)nn4)c3Cl)N=C2N)CCO1. The maximum absolute atomic E-state index is 13.3. The molecule has 0 spiro atoms. The molecule has 34 heavy (non-hydrogen) atoms. The van der Waals surface area contributed by atoms with Crippen LogP contribution in [0.2, 0.25) is 5.02 Å². The molecule has 0 bridgehead atoms. The molecule has 5 rings (SSSR count). The number of hydrogen-bond acceptors (Lipinski definition) is 6. The minimum absolute atomic E-state index is 0.000572. The summed E-state index contributed by atoms with van der Waals surface area (Å²) < 4.78 is 7.33. The molecule has 1 aromatic heterocycles. The lowest BCUT2D eigenvalue weighted by molar-refractivity contribution is -0.133. The first kappa shape index (κ1) is 22.6. The fraction of sp³-hybridized carbons (Fsp3) is 0.360. The number of nitrogens with zero attached hydrogens (tertiary/aromatic N) is 5. The Morgan fingerprint density at radius 2 is 1.97 bits per heavy atom. The van der Waals surface area contributed by atoms with Crippen molar-refractivity contribution >= 4 is 23.5 Å². The van der Waals surface area contributed by atoms with Crippen molar-refractivity contribution in [3.05, 3.63) is 65.3 Å². The van der Waals surface area contributed by atoms with Gasteiger partial charge in [-0.15, -0.1) is 5.10 Å². The summed E-state index contributed by atoms with van der Waals surface area (Å²) in [5.74, 6) is 0.180. The summed E-state index contributed by atoms with van der Waals surface area (Å²) in [5, 5.41) is 9.06. The van der Waals surface area contributed by atoms with Gasteiger partial charge in [0.2, 0.25) is 5.91 Å². The molecule has 1 saturated heterocycles. The minimum atomic E-state index is -0.878. The maximum Gasteiger partial charge on any atom is 0.232 e. The highest BCUT2D eigenvalue weighted by atomic mass is 35.5. The maximum atomic E-state index is 13.3. The van der Waals surface area contributed by atoms with E-state index in [2.05, 4.69) is 10.3 Å². The fourth-order valence-electron chi connectivity index (χ4n) is 4.85. The molecule has 0 unspecified atom stereocenters. The number of para-hydroxylation sites is 1. The molecule has 1 amide bonds. The number of nitrogens with two attached hydrogens (primary N) is 1. The van der Waals surface area contributed by atoms with Crippen molar-refractivity contribution in [3.63, 3.8) is 0 Å². The van der Waals surface area contributed by atoms with E-state index >= 15 is 0 Å². The number of halogens is 1. The van der Waals surface area contributed by atoms with Crippen LogP contribution < -0.4 is 5.73 Å². The van der Waals surface area contributed by atoms with Crippen LogP contribution in [-0.4, -0.2) is 50.5 Å². The summed E-state index contributed by atoms with van der Waals surface area (Å²) in [6.45, 7) is 4.52. The molecule has 3 atom stereocenters. The van der Waals surface area contributed by atoms with Gasteiger partial charge in [-0.25, -0.2) is 9.67 Å². The van der Waals surface area contributed by atoms with E-state index in [-0.39, 0.29) is 30.4 Å². The molecule has 0 radical (unpaired) electrons. The van der Waals surface area contributed by atoms with E-state index in [0.29, 0.717) is 17.3 Å². The largest absolute Gasteiger partial charge is 0.378 e. The molecule has 2 aliphatic rings. The average molecular weight is 479 g/mol. The zero-order valence-electron chi connectivity index (χ0n) is 19.2. The summed E-state index contributed by atoms with van der Waals surface area (Å²) in [6.07, 6.45) is 3.59. The fourth-order valence-corrected chi connectivity index (χ4v) is 5.27. The van der Waals surface area contributed by atoms with Gasteiger partial charge < -0.3 is 10.5 Å². The van der Waals surface area contributed by atoms with Crippen molar-refractivity contribution < 1.29 is 9.53 Å². The van der Waals surface area contributed by atoms with E-state index in [1.807, 2.05) is 68.6 Å². The molecule has 3 heterocycles. The van der Waals surface area contributed by atoms with Gasteiger partial charge in [0.05, 0.1) is 35.0 Å². The number of amides is 1. The van der Waals surface area contributed by atoms with Gasteiger partial charge in [0.15, 0.2) is 5.96 Å². The van der Waals surface area contributed by atoms with Crippen molar-refractivity contribution in [3.8, 4) is 16.9 Å². The highest BCUT2D eigenvalue weighted by Gasteiger charge is 2.42. The number of carbonyl (C=O) groups excluding carboxylic acids is 1. The van der Waals surface area contributed by atoms with Gasteiger partial charge in [-0.1, -0.05) is 53.2 Å². The zero-order valence-corrected chi connectivity index (χ0v) is 19.9. The Balaban J connectivity index is 1.47. The van der Waals surface area contributed by atoms with Crippen molar-refractivity contribution in [1.82, 2.24) is 19.9 Å². The number of hydrogen-bond donors (Lipinski definition) is 1. The van der Waals surface area contributed by atoms with Crippen molar-refractivity contribution in [2.24, 2.45) is 10.7 Å². The molecule has 3 aromatic rings. The van der Waals surface area contributed by atoms with Gasteiger partial charge >= 0.3 is 0 Å². The van der Waals surface area contributed by atoms with E-state index in [1.165, 1.54) is 0 Å². The van der Waals surface area contributed by atoms with Crippen LogP contribution in [0.3, 0.4) is 0 Å². The van der Waals surface area contributed by atoms with E-state index in [4.69, 9.17) is 27.1 Å². The Labute approximate surface area is 203 Å². The second-order valence-corrected chi connectivity index (χ2v) is 9.47. The van der Waals surface area contributed by atoms with Gasteiger partial charge in [0, 0.05) is 18.2 Å². The predicted octanol–water partition coefficient (Wildman–Crippen LogP) is 3.92. The quantitative estimate of drug-likeness (QED) is 0.612. The lowest BCUT2D eigenvalue weighted by Gasteiger charge is -2.41. The van der Waals surface area contributed by atoms with Gasteiger partial charge in [0.25, 0.3) is 0 Å². The Kier molecular flexibility index (Phi) is 5.87. The number of benzene rings is 2. The highest BCUT2D eigenvalue weighted by Crippen LogP contribution is 2.41.